The molecule has 1 aromatic carbocycles. The number of pyridine rings is 1. The Morgan fingerprint density at radius 1 is 1.04 bits per heavy atom. The van der Waals surface area contributed by atoms with Crippen LogP contribution in [0.4, 0.5) is 0 Å². The van der Waals surface area contributed by atoms with Crippen LogP contribution in [0.1, 0.15) is 10.9 Å². The molecule has 7 heteroatoms. The van der Waals surface area contributed by atoms with Gasteiger partial charge in [-0.05, 0) is 24.3 Å². The van der Waals surface area contributed by atoms with Crippen molar-refractivity contribution in [2.24, 2.45) is 0 Å². The van der Waals surface area contributed by atoms with Crippen LogP contribution in [0.15, 0.2) is 63.2 Å². The van der Waals surface area contributed by atoms with Crippen molar-refractivity contribution in [3.63, 3.8) is 0 Å². The molecule has 3 heterocycles. The van der Waals surface area contributed by atoms with E-state index in [2.05, 4.69) is 36.0 Å². The predicted octanol–water partition coefficient (Wildman–Crippen LogP) is 4.61. The highest BCUT2D eigenvalue weighted by Crippen LogP contribution is 2.25. The Bertz CT molecular complexity index is 950. The number of aromatic nitrogens is 4. The minimum Gasteiger partial charge on any atom is -0.339 e. The van der Waals surface area contributed by atoms with E-state index in [0.717, 1.165) is 26.3 Å². The summed E-state index contributed by atoms with van der Waals surface area (Å²) < 4.78 is 6.38. The second-order valence-corrected chi connectivity index (χ2v) is 6.92. The lowest BCUT2D eigenvalue weighted by Crippen LogP contribution is -1.88. The van der Waals surface area contributed by atoms with Crippen LogP contribution in [0.5, 0.6) is 0 Å². The largest absolute Gasteiger partial charge is 0.339 e. The first-order chi connectivity index (χ1) is 11.8. The topological polar surface area (TPSA) is 64.7 Å². The molecule has 0 unspecified atom stereocenters. The molecule has 0 spiro atoms. The summed E-state index contributed by atoms with van der Waals surface area (Å²) in [6.07, 6.45) is 3.95. The molecule has 0 bridgehead atoms. The molecule has 4 aromatic rings. The Balaban J connectivity index is 1.52. The molecule has 24 heavy (non-hydrogen) atoms. The van der Waals surface area contributed by atoms with Crippen LogP contribution in [-0.2, 0) is 6.42 Å². The van der Waals surface area contributed by atoms with Gasteiger partial charge < -0.3 is 4.52 Å². The van der Waals surface area contributed by atoms with Crippen LogP contribution in [-0.4, -0.2) is 20.1 Å². The summed E-state index contributed by atoms with van der Waals surface area (Å²) in [6.45, 7) is 0. The lowest BCUT2D eigenvalue weighted by molar-refractivity contribution is 0.385. The molecule has 0 aliphatic rings. The Morgan fingerprint density at radius 2 is 1.92 bits per heavy atom. The summed E-state index contributed by atoms with van der Waals surface area (Å²) in [5.74, 6) is 1.09. The molecule has 5 nitrogen and oxygen atoms in total. The summed E-state index contributed by atoms with van der Waals surface area (Å²) >= 11 is 5.02. The van der Waals surface area contributed by atoms with Crippen LogP contribution in [0.3, 0.4) is 0 Å². The van der Waals surface area contributed by atoms with E-state index in [0.29, 0.717) is 18.1 Å². The molecule has 4 rings (SSSR count). The summed E-state index contributed by atoms with van der Waals surface area (Å²) in [7, 11) is 0. The maximum Gasteiger partial charge on any atom is 0.233 e. The zero-order valence-electron chi connectivity index (χ0n) is 12.4. The standard InChI is InChI=1S/C17H11BrN4OS/c18-13-5-3-11(4-6-13)14-10-24-16(20-14)8-15-21-17(22-23-15)12-2-1-7-19-9-12/h1-7,9-10H,8H2. The van der Waals surface area contributed by atoms with Gasteiger partial charge in [-0.25, -0.2) is 4.98 Å². The number of thiazole rings is 1. The van der Waals surface area contributed by atoms with E-state index in [1.165, 1.54) is 0 Å². The van der Waals surface area contributed by atoms with E-state index >= 15 is 0 Å². The Labute approximate surface area is 150 Å². The highest BCUT2D eigenvalue weighted by atomic mass is 79.9. The summed E-state index contributed by atoms with van der Waals surface area (Å²) in [6, 6.07) is 11.8. The lowest BCUT2D eigenvalue weighted by Gasteiger charge is -1.96. The number of rotatable bonds is 4. The van der Waals surface area contributed by atoms with Gasteiger partial charge in [-0.3, -0.25) is 4.98 Å². The van der Waals surface area contributed by atoms with Gasteiger partial charge in [0.15, 0.2) is 0 Å². The van der Waals surface area contributed by atoms with Gasteiger partial charge >= 0.3 is 0 Å². The SMILES string of the molecule is Brc1ccc(-c2csc(Cc3nc(-c4cccnc4)no3)n2)cc1. The summed E-state index contributed by atoms with van der Waals surface area (Å²) in [5, 5.41) is 6.98. The minimum absolute atomic E-state index is 0.522. The minimum atomic E-state index is 0.522. The Hall–Kier alpha value is -2.38. The molecule has 118 valence electrons. The zero-order valence-corrected chi connectivity index (χ0v) is 14.8. The summed E-state index contributed by atoms with van der Waals surface area (Å²) in [5.41, 5.74) is 2.87. The first-order valence-electron chi connectivity index (χ1n) is 7.21. The average molecular weight is 399 g/mol. The van der Waals surface area contributed by atoms with Gasteiger partial charge in [0.2, 0.25) is 11.7 Å². The quantitative estimate of drug-likeness (QED) is 0.502. The third kappa shape index (κ3) is 3.27. The molecule has 0 radical (unpaired) electrons. The van der Waals surface area contributed by atoms with E-state index in [9.17, 15) is 0 Å². The van der Waals surface area contributed by atoms with Crippen molar-refractivity contribution in [2.75, 3.05) is 0 Å². The molecule has 0 aliphatic carbocycles. The normalized spacial score (nSPS) is 10.9. The molecule has 0 amide bonds. The van der Waals surface area contributed by atoms with Crippen molar-refractivity contribution < 1.29 is 4.52 Å². The third-order valence-electron chi connectivity index (χ3n) is 3.38. The van der Waals surface area contributed by atoms with Gasteiger partial charge in [-0.15, -0.1) is 11.3 Å². The van der Waals surface area contributed by atoms with Crippen LogP contribution >= 0.6 is 27.3 Å². The number of hydrogen-bond donors (Lipinski definition) is 0. The van der Waals surface area contributed by atoms with Crippen molar-refractivity contribution in [3.8, 4) is 22.6 Å². The molecule has 0 saturated heterocycles. The number of benzene rings is 1. The van der Waals surface area contributed by atoms with E-state index < -0.39 is 0 Å². The first-order valence-corrected chi connectivity index (χ1v) is 8.88. The number of halogens is 1. The van der Waals surface area contributed by atoms with Gasteiger partial charge in [-0.1, -0.05) is 33.2 Å². The van der Waals surface area contributed by atoms with Gasteiger partial charge in [0, 0.05) is 33.4 Å². The second kappa shape index (κ2) is 6.62. The molecule has 0 atom stereocenters. The molecule has 0 fully saturated rings. The smallest absolute Gasteiger partial charge is 0.233 e. The van der Waals surface area contributed by atoms with Gasteiger partial charge in [0.25, 0.3) is 0 Å². The van der Waals surface area contributed by atoms with Gasteiger partial charge in [0.05, 0.1) is 12.1 Å². The fraction of sp³-hybridized carbons (Fsp3) is 0.0588. The maximum absolute atomic E-state index is 5.33. The fourth-order valence-electron chi connectivity index (χ4n) is 2.21. The monoisotopic (exact) mass is 398 g/mol. The molecule has 3 aromatic heterocycles. The van der Waals surface area contributed by atoms with Crippen molar-refractivity contribution >= 4 is 27.3 Å². The molecule has 0 saturated carbocycles. The Kier molecular flexibility index (Phi) is 4.18. The van der Waals surface area contributed by atoms with Crippen molar-refractivity contribution in [3.05, 3.63) is 69.5 Å². The van der Waals surface area contributed by atoms with Crippen LogP contribution in [0, 0.1) is 0 Å². The van der Waals surface area contributed by atoms with E-state index in [1.807, 2.05) is 41.8 Å². The van der Waals surface area contributed by atoms with Crippen LogP contribution in [0.2, 0.25) is 0 Å². The number of hydrogen-bond acceptors (Lipinski definition) is 6. The molecule has 0 aliphatic heterocycles. The maximum atomic E-state index is 5.33. The fourth-order valence-corrected chi connectivity index (χ4v) is 3.27. The van der Waals surface area contributed by atoms with Crippen LogP contribution in [0.25, 0.3) is 22.6 Å². The first kappa shape index (κ1) is 15.2. The highest BCUT2D eigenvalue weighted by Gasteiger charge is 2.12. The van der Waals surface area contributed by atoms with E-state index in [4.69, 9.17) is 4.52 Å². The van der Waals surface area contributed by atoms with E-state index in [-0.39, 0.29) is 0 Å². The average Bonchev–Trinajstić information content (AvgIpc) is 3.27. The lowest BCUT2D eigenvalue weighted by atomic mass is 10.2. The molecular weight excluding hydrogens is 388 g/mol. The predicted molar refractivity (Wildman–Crippen MR) is 95.6 cm³/mol. The second-order valence-electron chi connectivity index (χ2n) is 5.06. The van der Waals surface area contributed by atoms with Crippen molar-refractivity contribution in [2.45, 2.75) is 6.42 Å². The summed E-state index contributed by atoms with van der Waals surface area (Å²) in [4.78, 5) is 13.1. The zero-order chi connectivity index (χ0) is 16.4. The van der Waals surface area contributed by atoms with Gasteiger partial charge in [-0.2, -0.15) is 4.98 Å². The Morgan fingerprint density at radius 3 is 2.71 bits per heavy atom. The van der Waals surface area contributed by atoms with Gasteiger partial charge in [0.1, 0.15) is 5.01 Å². The van der Waals surface area contributed by atoms with Crippen LogP contribution < -0.4 is 0 Å². The number of nitrogens with zero attached hydrogens (tertiary/aromatic N) is 4. The van der Waals surface area contributed by atoms with Crippen molar-refractivity contribution in [1.82, 2.24) is 20.1 Å². The molecule has 0 N–H and O–H groups in total. The van der Waals surface area contributed by atoms with E-state index in [1.54, 1.807) is 23.7 Å². The van der Waals surface area contributed by atoms with Crippen molar-refractivity contribution in [1.29, 1.82) is 0 Å². The highest BCUT2D eigenvalue weighted by molar-refractivity contribution is 9.10. The molecular formula is C17H11BrN4OS. The third-order valence-corrected chi connectivity index (χ3v) is 4.76.